The summed E-state index contributed by atoms with van der Waals surface area (Å²) in [7, 11) is 0. The van der Waals surface area contributed by atoms with Crippen molar-refractivity contribution in [3.8, 4) is 0 Å². The highest BCUT2D eigenvalue weighted by atomic mass is 19.2. The van der Waals surface area contributed by atoms with Crippen molar-refractivity contribution in [3.05, 3.63) is 58.2 Å². The Balaban J connectivity index is 2.33. The van der Waals surface area contributed by atoms with Crippen LogP contribution in [0.25, 0.3) is 0 Å². The number of halogens is 4. The fraction of sp³-hybridized carbons (Fsp3) is 0.542. The number of aromatic nitrogens is 2. The lowest BCUT2D eigenvalue weighted by atomic mass is 9.77. The van der Waals surface area contributed by atoms with Crippen LogP contribution in [-0.2, 0) is 28.0 Å². The number of esters is 1. The third kappa shape index (κ3) is 5.45. The molecule has 1 atom stereocenters. The van der Waals surface area contributed by atoms with Gasteiger partial charge in [0.1, 0.15) is 12.4 Å². The molecule has 1 aromatic heterocycles. The van der Waals surface area contributed by atoms with E-state index < -0.39 is 58.3 Å². The molecule has 2 aromatic rings. The summed E-state index contributed by atoms with van der Waals surface area (Å²) in [5, 5.41) is 0. The Morgan fingerprint density at radius 2 is 1.38 bits per heavy atom. The lowest BCUT2D eigenvalue weighted by Crippen LogP contribution is -2.29. The Morgan fingerprint density at radius 1 is 0.906 bits per heavy atom. The summed E-state index contributed by atoms with van der Waals surface area (Å²) in [6, 6.07) is 0. The monoisotopic (exact) mass is 454 g/mol. The van der Waals surface area contributed by atoms with Crippen molar-refractivity contribution in [1.82, 2.24) is 9.97 Å². The molecule has 32 heavy (non-hydrogen) atoms. The summed E-state index contributed by atoms with van der Waals surface area (Å²) in [5.74, 6) is -7.11. The number of nitrogens with zero attached hydrogens (tertiary/aromatic N) is 2. The SMILES string of the molecule is CCCc1c(F)c(F)c(COC(=O)C(c2cnc(C(C)(C)C)nc2)C(C)(C)C)c(F)c1F. The molecule has 1 aromatic carbocycles. The predicted molar refractivity (Wildman–Crippen MR) is 113 cm³/mol. The Labute approximate surface area is 186 Å². The number of ether oxygens (including phenoxy) is 1. The molecule has 0 aliphatic rings. The molecular weight excluding hydrogens is 424 g/mol. The van der Waals surface area contributed by atoms with Gasteiger partial charge in [-0.05, 0) is 11.8 Å². The average molecular weight is 455 g/mol. The number of carbonyl (C=O) groups is 1. The second-order valence-corrected chi connectivity index (χ2v) is 9.96. The zero-order chi connectivity index (χ0) is 24.4. The molecular formula is C24H30F4N2O2. The number of hydrogen-bond acceptors (Lipinski definition) is 4. The van der Waals surface area contributed by atoms with Crippen molar-refractivity contribution in [2.24, 2.45) is 5.41 Å². The zero-order valence-corrected chi connectivity index (χ0v) is 19.6. The highest BCUT2D eigenvalue weighted by Crippen LogP contribution is 2.36. The first kappa shape index (κ1) is 25.7. The average Bonchev–Trinajstić information content (AvgIpc) is 2.68. The van der Waals surface area contributed by atoms with Crippen molar-refractivity contribution in [1.29, 1.82) is 0 Å². The van der Waals surface area contributed by atoms with E-state index in [1.807, 2.05) is 20.8 Å². The van der Waals surface area contributed by atoms with E-state index in [2.05, 4.69) is 9.97 Å². The van der Waals surface area contributed by atoms with Gasteiger partial charge < -0.3 is 4.74 Å². The van der Waals surface area contributed by atoms with Crippen LogP contribution < -0.4 is 0 Å². The van der Waals surface area contributed by atoms with Gasteiger partial charge >= 0.3 is 5.97 Å². The van der Waals surface area contributed by atoms with Crippen LogP contribution in [0.1, 0.15) is 83.3 Å². The normalized spacial score (nSPS) is 13.2. The van der Waals surface area contributed by atoms with Crippen LogP contribution in [0.5, 0.6) is 0 Å². The summed E-state index contributed by atoms with van der Waals surface area (Å²) in [6.45, 7) is 11.9. The van der Waals surface area contributed by atoms with Crippen LogP contribution in [0.3, 0.4) is 0 Å². The molecule has 1 unspecified atom stereocenters. The molecule has 1 heterocycles. The topological polar surface area (TPSA) is 52.1 Å². The van der Waals surface area contributed by atoms with E-state index in [1.165, 1.54) is 12.4 Å². The largest absolute Gasteiger partial charge is 0.460 e. The van der Waals surface area contributed by atoms with Crippen LogP contribution in [0.2, 0.25) is 0 Å². The third-order valence-corrected chi connectivity index (χ3v) is 5.08. The van der Waals surface area contributed by atoms with Gasteiger partial charge in [0, 0.05) is 28.9 Å². The van der Waals surface area contributed by atoms with Gasteiger partial charge in [0.05, 0.1) is 11.5 Å². The van der Waals surface area contributed by atoms with Crippen molar-refractivity contribution >= 4 is 5.97 Å². The van der Waals surface area contributed by atoms with Crippen molar-refractivity contribution in [2.45, 2.75) is 79.2 Å². The van der Waals surface area contributed by atoms with Gasteiger partial charge in [-0.2, -0.15) is 0 Å². The third-order valence-electron chi connectivity index (χ3n) is 5.08. The minimum atomic E-state index is -1.55. The Kier molecular flexibility index (Phi) is 7.68. The van der Waals surface area contributed by atoms with E-state index in [0.717, 1.165) is 0 Å². The maximum atomic E-state index is 14.4. The minimum absolute atomic E-state index is 0.151. The van der Waals surface area contributed by atoms with Gasteiger partial charge in [-0.1, -0.05) is 54.9 Å². The van der Waals surface area contributed by atoms with Gasteiger partial charge in [-0.3, -0.25) is 4.79 Å². The van der Waals surface area contributed by atoms with Crippen molar-refractivity contribution in [2.75, 3.05) is 0 Å². The predicted octanol–water partition coefficient (Wildman–Crippen LogP) is 6.16. The van der Waals surface area contributed by atoms with E-state index in [-0.39, 0.29) is 11.8 Å². The zero-order valence-electron chi connectivity index (χ0n) is 19.6. The van der Waals surface area contributed by atoms with Crippen molar-refractivity contribution in [3.63, 3.8) is 0 Å². The van der Waals surface area contributed by atoms with E-state index in [9.17, 15) is 22.4 Å². The molecule has 0 amide bonds. The fourth-order valence-corrected chi connectivity index (χ4v) is 3.41. The van der Waals surface area contributed by atoms with Gasteiger partial charge in [0.2, 0.25) is 0 Å². The Hall–Kier alpha value is -2.51. The van der Waals surface area contributed by atoms with E-state index >= 15 is 0 Å². The first-order valence-corrected chi connectivity index (χ1v) is 10.5. The Morgan fingerprint density at radius 3 is 1.78 bits per heavy atom. The summed E-state index contributed by atoms with van der Waals surface area (Å²) >= 11 is 0. The molecule has 0 N–H and O–H groups in total. The molecule has 8 heteroatoms. The number of benzene rings is 1. The Bertz CT molecular complexity index is 948. The molecule has 0 saturated carbocycles. The van der Waals surface area contributed by atoms with Crippen LogP contribution in [-0.4, -0.2) is 15.9 Å². The molecule has 0 radical (unpaired) electrons. The maximum absolute atomic E-state index is 14.4. The first-order valence-electron chi connectivity index (χ1n) is 10.5. The minimum Gasteiger partial charge on any atom is -0.460 e. The molecule has 2 rings (SSSR count). The standard InChI is InChI=1S/C24H30F4N2O2/c1-8-9-14-17(25)19(27)15(20(28)18(14)26)12-32-21(31)16(23(2,3)4)13-10-29-22(30-11-13)24(5,6)7/h10-11,16H,8-9,12H2,1-7H3. The smallest absolute Gasteiger partial charge is 0.314 e. The maximum Gasteiger partial charge on any atom is 0.314 e. The van der Waals surface area contributed by atoms with Crippen LogP contribution in [0.4, 0.5) is 17.6 Å². The molecule has 0 spiro atoms. The molecule has 0 saturated heterocycles. The lowest BCUT2D eigenvalue weighted by Gasteiger charge is -2.29. The van der Waals surface area contributed by atoms with Crippen LogP contribution in [0, 0.1) is 28.7 Å². The molecule has 0 fully saturated rings. The second-order valence-electron chi connectivity index (χ2n) is 9.96. The van der Waals surface area contributed by atoms with Crippen LogP contribution >= 0.6 is 0 Å². The number of rotatable bonds is 6. The van der Waals surface area contributed by atoms with Gasteiger partial charge in [-0.25, -0.2) is 27.5 Å². The molecule has 176 valence electrons. The van der Waals surface area contributed by atoms with E-state index in [4.69, 9.17) is 4.74 Å². The summed E-state index contributed by atoms with van der Waals surface area (Å²) in [4.78, 5) is 21.5. The number of carbonyl (C=O) groups excluding carboxylic acids is 1. The van der Waals surface area contributed by atoms with Gasteiger partial charge in [0.25, 0.3) is 0 Å². The lowest BCUT2D eigenvalue weighted by molar-refractivity contribution is -0.149. The molecule has 0 bridgehead atoms. The highest BCUT2D eigenvalue weighted by Gasteiger charge is 2.36. The molecule has 4 nitrogen and oxygen atoms in total. The summed E-state index contributed by atoms with van der Waals surface area (Å²) in [5.41, 5.74) is -2.08. The van der Waals surface area contributed by atoms with Crippen LogP contribution in [0.15, 0.2) is 12.4 Å². The molecule has 0 aliphatic carbocycles. The fourth-order valence-electron chi connectivity index (χ4n) is 3.41. The summed E-state index contributed by atoms with van der Waals surface area (Å²) in [6.07, 6.45) is 3.20. The van der Waals surface area contributed by atoms with Crippen molar-refractivity contribution < 1.29 is 27.1 Å². The van der Waals surface area contributed by atoms with Gasteiger partial charge in [-0.15, -0.1) is 0 Å². The van der Waals surface area contributed by atoms with Gasteiger partial charge in [0.15, 0.2) is 23.3 Å². The quantitative estimate of drug-likeness (QED) is 0.298. The number of hydrogen-bond donors (Lipinski definition) is 0. The van der Waals surface area contributed by atoms with E-state index in [1.54, 1.807) is 27.7 Å². The molecule has 0 aliphatic heterocycles. The first-order chi connectivity index (χ1) is 14.7. The summed E-state index contributed by atoms with van der Waals surface area (Å²) < 4.78 is 62.4. The van der Waals surface area contributed by atoms with E-state index in [0.29, 0.717) is 17.8 Å². The highest BCUT2D eigenvalue weighted by molar-refractivity contribution is 5.79. The second kappa shape index (κ2) is 9.55.